The molecular weight excluding hydrogens is 600 g/mol. The van der Waals surface area contributed by atoms with E-state index in [1.165, 1.54) is 13.2 Å². The van der Waals surface area contributed by atoms with Gasteiger partial charge in [0.1, 0.15) is 34.7 Å². The van der Waals surface area contributed by atoms with Crippen LogP contribution in [0, 0.1) is 5.92 Å². The van der Waals surface area contributed by atoms with E-state index in [4.69, 9.17) is 18.6 Å². The molecule has 0 spiro atoms. The van der Waals surface area contributed by atoms with E-state index in [0.717, 1.165) is 36.4 Å². The first-order valence-corrected chi connectivity index (χ1v) is 13.3. The number of phenolic OH excluding ortho intramolecular Hbond substituents is 6. The molecule has 238 valence electrons. The lowest BCUT2D eigenvalue weighted by Gasteiger charge is -2.41. The molecule has 0 amide bonds. The Hall–Kier alpha value is -5.38. The maximum Gasteiger partial charge on any atom is 0.338 e. The molecule has 1 fully saturated rings. The number of rotatable bonds is 7. The van der Waals surface area contributed by atoms with Crippen molar-refractivity contribution < 1.29 is 69.4 Å². The summed E-state index contributed by atoms with van der Waals surface area (Å²) >= 11 is 0. The summed E-state index contributed by atoms with van der Waals surface area (Å²) in [6, 6.07) is 7.13. The minimum absolute atomic E-state index is 0.0186. The second-order valence-electron chi connectivity index (χ2n) is 10.4. The van der Waals surface area contributed by atoms with Crippen LogP contribution >= 0.6 is 0 Å². The van der Waals surface area contributed by atoms with Gasteiger partial charge in [0, 0.05) is 30.2 Å². The van der Waals surface area contributed by atoms with E-state index in [1.807, 2.05) is 0 Å². The van der Waals surface area contributed by atoms with Gasteiger partial charge in [-0.1, -0.05) is 0 Å². The molecule has 45 heavy (non-hydrogen) atoms. The predicted molar refractivity (Wildman–Crippen MR) is 152 cm³/mol. The number of esters is 1. The standard InChI is InChI=1S/C30H28O15/c1-42-27-18(36)5-12(6-19(27)37)30(41)45-28-21(7-13(10-31)23(38)25(28)40)44-29-24(39)22-17(35)8-14(32)9-20(22)43-26(29)11-2-3-15(33)16(34)4-11/h2-6,8-9,13,21,23,25,28,31-38,40H,7,10H2,1H3/t13-,21-,23+,25+,28+/m1/s1. The smallest absolute Gasteiger partial charge is 0.338 e. The van der Waals surface area contributed by atoms with Crippen LogP contribution in [0.4, 0.5) is 0 Å². The van der Waals surface area contributed by atoms with E-state index in [2.05, 4.69) is 0 Å². The van der Waals surface area contributed by atoms with Crippen LogP contribution in [-0.2, 0) is 4.74 Å². The molecule has 1 aliphatic carbocycles. The zero-order valence-electron chi connectivity index (χ0n) is 23.3. The molecule has 1 saturated carbocycles. The van der Waals surface area contributed by atoms with Crippen molar-refractivity contribution in [2.45, 2.75) is 30.8 Å². The molecule has 1 heterocycles. The average Bonchev–Trinajstić information content (AvgIpc) is 2.98. The predicted octanol–water partition coefficient (Wildman–Crippen LogP) is 1.41. The highest BCUT2D eigenvalue weighted by Crippen LogP contribution is 2.41. The van der Waals surface area contributed by atoms with Gasteiger partial charge >= 0.3 is 5.97 Å². The van der Waals surface area contributed by atoms with Crippen molar-refractivity contribution in [2.24, 2.45) is 5.92 Å². The van der Waals surface area contributed by atoms with E-state index >= 15 is 0 Å². The van der Waals surface area contributed by atoms with Crippen molar-refractivity contribution in [3.8, 4) is 57.3 Å². The van der Waals surface area contributed by atoms with Gasteiger partial charge < -0.3 is 64.6 Å². The van der Waals surface area contributed by atoms with Crippen LogP contribution in [0.15, 0.2) is 51.7 Å². The molecule has 5 rings (SSSR count). The number of hydrogen-bond donors (Lipinski definition) is 9. The van der Waals surface area contributed by atoms with Crippen molar-refractivity contribution >= 4 is 16.9 Å². The first-order valence-electron chi connectivity index (χ1n) is 13.3. The third kappa shape index (κ3) is 5.66. The van der Waals surface area contributed by atoms with Crippen LogP contribution in [-0.4, -0.2) is 90.1 Å². The Morgan fingerprint density at radius 2 is 1.56 bits per heavy atom. The number of phenols is 6. The number of carbonyl (C=O) groups is 1. The highest BCUT2D eigenvalue weighted by Gasteiger charge is 2.47. The molecule has 3 aromatic carbocycles. The molecule has 5 atom stereocenters. The van der Waals surface area contributed by atoms with E-state index in [1.54, 1.807) is 0 Å². The highest BCUT2D eigenvalue weighted by molar-refractivity contribution is 5.91. The molecule has 1 aromatic heterocycles. The number of aliphatic hydroxyl groups excluding tert-OH is 3. The first-order chi connectivity index (χ1) is 21.3. The Morgan fingerprint density at radius 1 is 0.867 bits per heavy atom. The largest absolute Gasteiger partial charge is 0.508 e. The SMILES string of the molecule is COc1c(O)cc(C(=O)O[C@@H]2[C@@H](O)[C@@H](O)[C@@H](CO)C[C@H]2Oc2c(-c3ccc(O)c(O)c3)oc3cc(O)cc(O)c3c2=O)cc1O. The molecule has 15 nitrogen and oxygen atoms in total. The summed E-state index contributed by atoms with van der Waals surface area (Å²) in [4.78, 5) is 26.9. The third-order valence-corrected chi connectivity index (χ3v) is 7.46. The molecule has 1 aliphatic rings. The first kappa shape index (κ1) is 31.1. The Morgan fingerprint density at radius 3 is 2.18 bits per heavy atom. The summed E-state index contributed by atoms with van der Waals surface area (Å²) in [5.74, 6) is -7.00. The summed E-state index contributed by atoms with van der Waals surface area (Å²) in [5, 5.41) is 91.7. The topological polar surface area (TPSA) is 257 Å². The molecular formula is C30H28O15. The normalized spacial score (nSPS) is 21.4. The summed E-state index contributed by atoms with van der Waals surface area (Å²) in [7, 11) is 1.17. The van der Waals surface area contributed by atoms with Crippen LogP contribution in [0.1, 0.15) is 16.8 Å². The van der Waals surface area contributed by atoms with Crippen molar-refractivity contribution in [3.05, 3.63) is 58.3 Å². The van der Waals surface area contributed by atoms with E-state index in [9.17, 15) is 55.5 Å². The molecule has 15 heteroatoms. The Kier molecular flexibility index (Phi) is 8.25. The number of benzene rings is 3. The van der Waals surface area contributed by atoms with Gasteiger partial charge in [0.15, 0.2) is 34.9 Å². The molecule has 0 unspecified atom stereocenters. The number of ether oxygens (including phenoxy) is 3. The second kappa shape index (κ2) is 12.0. The Labute approximate surface area is 252 Å². The van der Waals surface area contributed by atoms with Crippen LogP contribution in [0.2, 0.25) is 0 Å². The van der Waals surface area contributed by atoms with Crippen LogP contribution in [0.3, 0.4) is 0 Å². The quantitative estimate of drug-likeness (QED) is 0.104. The lowest BCUT2D eigenvalue weighted by Crippen LogP contribution is -2.57. The van der Waals surface area contributed by atoms with Gasteiger partial charge in [-0.2, -0.15) is 0 Å². The third-order valence-electron chi connectivity index (χ3n) is 7.46. The summed E-state index contributed by atoms with van der Waals surface area (Å²) < 4.78 is 22.1. The summed E-state index contributed by atoms with van der Waals surface area (Å²) in [5.41, 5.74) is -1.69. The lowest BCUT2D eigenvalue weighted by atomic mass is 9.81. The van der Waals surface area contributed by atoms with Gasteiger partial charge in [-0.25, -0.2) is 4.79 Å². The van der Waals surface area contributed by atoms with Crippen molar-refractivity contribution in [1.29, 1.82) is 0 Å². The Balaban J connectivity index is 1.62. The van der Waals surface area contributed by atoms with Crippen molar-refractivity contribution in [3.63, 3.8) is 0 Å². The van der Waals surface area contributed by atoms with Gasteiger partial charge in [-0.3, -0.25) is 4.79 Å². The van der Waals surface area contributed by atoms with E-state index < -0.39 is 94.0 Å². The van der Waals surface area contributed by atoms with Crippen LogP contribution < -0.4 is 14.9 Å². The minimum Gasteiger partial charge on any atom is -0.508 e. The zero-order valence-corrected chi connectivity index (χ0v) is 23.3. The van der Waals surface area contributed by atoms with Crippen molar-refractivity contribution in [1.82, 2.24) is 0 Å². The van der Waals surface area contributed by atoms with E-state index in [-0.39, 0.29) is 34.6 Å². The highest BCUT2D eigenvalue weighted by atomic mass is 16.6. The maximum absolute atomic E-state index is 13.8. The molecule has 9 N–H and O–H groups in total. The van der Waals surface area contributed by atoms with Gasteiger partial charge in [0.25, 0.3) is 0 Å². The van der Waals surface area contributed by atoms with Gasteiger partial charge in [0.2, 0.25) is 16.9 Å². The molecule has 0 aliphatic heterocycles. The number of fused-ring (bicyclic) bond motifs is 1. The molecule has 0 bridgehead atoms. The van der Waals surface area contributed by atoms with Crippen LogP contribution in [0.5, 0.6) is 46.0 Å². The molecule has 4 aromatic rings. The Bertz CT molecular complexity index is 1810. The average molecular weight is 629 g/mol. The summed E-state index contributed by atoms with van der Waals surface area (Å²) in [6.07, 6.45) is -7.02. The molecule has 0 radical (unpaired) electrons. The monoisotopic (exact) mass is 628 g/mol. The number of aliphatic hydroxyl groups is 3. The number of carbonyl (C=O) groups excluding carboxylic acids is 1. The fourth-order valence-corrected chi connectivity index (χ4v) is 5.21. The minimum atomic E-state index is -1.88. The maximum atomic E-state index is 13.8. The fraction of sp³-hybridized carbons (Fsp3) is 0.267. The van der Waals surface area contributed by atoms with Crippen LogP contribution in [0.25, 0.3) is 22.3 Å². The number of hydrogen-bond acceptors (Lipinski definition) is 15. The lowest BCUT2D eigenvalue weighted by molar-refractivity contribution is -0.159. The number of aromatic hydroxyl groups is 6. The van der Waals surface area contributed by atoms with Gasteiger partial charge in [-0.05, 0) is 36.8 Å². The molecule has 0 saturated heterocycles. The number of methoxy groups -OCH3 is 1. The zero-order chi connectivity index (χ0) is 32.7. The second-order valence-corrected chi connectivity index (χ2v) is 10.4. The van der Waals surface area contributed by atoms with Gasteiger partial charge in [-0.15, -0.1) is 0 Å². The van der Waals surface area contributed by atoms with Gasteiger partial charge in [0.05, 0.1) is 18.8 Å². The fourth-order valence-electron chi connectivity index (χ4n) is 5.21. The summed E-state index contributed by atoms with van der Waals surface area (Å²) in [6.45, 7) is -0.649. The van der Waals surface area contributed by atoms with E-state index in [0.29, 0.717) is 0 Å². The van der Waals surface area contributed by atoms with Crippen molar-refractivity contribution in [2.75, 3.05) is 13.7 Å².